The van der Waals surface area contributed by atoms with Crippen LogP contribution in [0.2, 0.25) is 10.2 Å². The molecule has 0 amide bonds. The molecule has 1 heterocycles. The van der Waals surface area contributed by atoms with E-state index in [-0.39, 0.29) is 5.69 Å². The van der Waals surface area contributed by atoms with Gasteiger partial charge in [0, 0.05) is 22.7 Å². The van der Waals surface area contributed by atoms with Crippen molar-refractivity contribution in [2.75, 3.05) is 0 Å². The first kappa shape index (κ1) is 19.6. The summed E-state index contributed by atoms with van der Waals surface area (Å²) in [6.07, 6.45) is 1.63. The topological polar surface area (TPSA) is 84.8 Å². The Balaban J connectivity index is 1.96. The van der Waals surface area contributed by atoms with Gasteiger partial charge in [0.05, 0.1) is 28.8 Å². The number of non-ortho nitro benzene ring substituents is 1. The zero-order valence-electron chi connectivity index (χ0n) is 14.8. The number of allylic oxidation sites excluding steroid dienone is 1. The molecule has 0 unspecified atom stereocenters. The minimum absolute atomic E-state index is 0.0391. The summed E-state index contributed by atoms with van der Waals surface area (Å²) in [5.41, 5.74) is 3.00. The van der Waals surface area contributed by atoms with Crippen LogP contribution in [0.3, 0.4) is 0 Å². The highest BCUT2D eigenvalue weighted by molar-refractivity contribution is 6.32. The van der Waals surface area contributed by atoms with Gasteiger partial charge in [0.25, 0.3) is 5.69 Å². The van der Waals surface area contributed by atoms with Crippen LogP contribution in [0.1, 0.15) is 22.4 Å². The van der Waals surface area contributed by atoms with Gasteiger partial charge in [-0.15, -0.1) is 0 Å². The maximum atomic E-state index is 10.8. The Morgan fingerprint density at radius 1 is 1.25 bits per heavy atom. The first-order valence-electron chi connectivity index (χ1n) is 8.23. The van der Waals surface area contributed by atoms with Gasteiger partial charge < -0.3 is 0 Å². The van der Waals surface area contributed by atoms with Crippen LogP contribution in [0.15, 0.2) is 48.5 Å². The van der Waals surface area contributed by atoms with Crippen LogP contribution in [-0.4, -0.2) is 14.7 Å². The molecule has 140 valence electrons. The van der Waals surface area contributed by atoms with Crippen LogP contribution in [-0.2, 0) is 6.54 Å². The largest absolute Gasteiger partial charge is 0.269 e. The van der Waals surface area contributed by atoms with Gasteiger partial charge in [-0.05, 0) is 42.3 Å². The molecule has 0 fully saturated rings. The van der Waals surface area contributed by atoms with Crippen molar-refractivity contribution in [3.05, 3.63) is 91.2 Å². The van der Waals surface area contributed by atoms with Gasteiger partial charge in [-0.25, -0.2) is 4.68 Å². The molecule has 0 aliphatic carbocycles. The van der Waals surface area contributed by atoms with Crippen molar-refractivity contribution < 1.29 is 4.92 Å². The molecule has 0 aliphatic rings. The smallest absolute Gasteiger partial charge is 0.258 e. The van der Waals surface area contributed by atoms with Gasteiger partial charge in [-0.2, -0.15) is 10.4 Å². The Bertz CT molecular complexity index is 1110. The van der Waals surface area contributed by atoms with Crippen LogP contribution in [0, 0.1) is 28.4 Å². The highest BCUT2D eigenvalue weighted by Crippen LogP contribution is 2.28. The zero-order chi connectivity index (χ0) is 20.3. The van der Waals surface area contributed by atoms with E-state index in [9.17, 15) is 15.4 Å². The van der Waals surface area contributed by atoms with Gasteiger partial charge in [0.1, 0.15) is 5.15 Å². The molecule has 0 saturated heterocycles. The molecule has 2 aromatic carbocycles. The fraction of sp³-hybridized carbons (Fsp3) is 0.100. The molecule has 28 heavy (non-hydrogen) atoms. The lowest BCUT2D eigenvalue weighted by Gasteiger charge is -2.05. The number of halogens is 2. The van der Waals surface area contributed by atoms with E-state index in [1.165, 1.54) is 24.3 Å². The van der Waals surface area contributed by atoms with Crippen LogP contribution in [0.4, 0.5) is 5.69 Å². The lowest BCUT2D eigenvalue weighted by atomic mass is 10.0. The number of nitrogens with zero attached hydrogens (tertiary/aromatic N) is 4. The van der Waals surface area contributed by atoms with Crippen LogP contribution in [0.5, 0.6) is 0 Å². The van der Waals surface area contributed by atoms with E-state index >= 15 is 0 Å². The van der Waals surface area contributed by atoms with E-state index in [1.54, 1.807) is 23.7 Å². The fourth-order valence-electron chi connectivity index (χ4n) is 2.71. The van der Waals surface area contributed by atoms with E-state index < -0.39 is 4.92 Å². The summed E-state index contributed by atoms with van der Waals surface area (Å²) < 4.78 is 1.62. The summed E-state index contributed by atoms with van der Waals surface area (Å²) >= 11 is 12.7. The number of rotatable bonds is 5. The second kappa shape index (κ2) is 8.26. The monoisotopic (exact) mass is 412 g/mol. The predicted molar refractivity (Wildman–Crippen MR) is 109 cm³/mol. The van der Waals surface area contributed by atoms with Crippen molar-refractivity contribution in [3.8, 4) is 6.07 Å². The van der Waals surface area contributed by atoms with E-state index in [0.29, 0.717) is 39.1 Å². The SMILES string of the molecule is Cc1nn(Cc2ccccc2Cl)c(Cl)c1/C=C(\C#N)c1ccc([N+](=O)[O-])cc1. The number of nitro benzene ring substituents is 1. The fourth-order valence-corrected chi connectivity index (χ4v) is 3.20. The summed E-state index contributed by atoms with van der Waals surface area (Å²) in [6, 6.07) is 15.3. The number of nitro groups is 1. The molecular weight excluding hydrogens is 399 g/mol. The average molecular weight is 413 g/mol. The third kappa shape index (κ3) is 4.06. The Hall–Kier alpha value is -3.14. The van der Waals surface area contributed by atoms with Crippen LogP contribution in [0.25, 0.3) is 11.6 Å². The first-order chi connectivity index (χ1) is 13.4. The summed E-state index contributed by atoms with van der Waals surface area (Å²) in [5, 5.41) is 25.8. The van der Waals surface area contributed by atoms with Gasteiger partial charge in [0.2, 0.25) is 0 Å². The lowest BCUT2D eigenvalue weighted by Crippen LogP contribution is -2.02. The van der Waals surface area contributed by atoms with Gasteiger partial charge in [-0.1, -0.05) is 41.4 Å². The van der Waals surface area contributed by atoms with Gasteiger partial charge in [-0.3, -0.25) is 10.1 Å². The molecule has 0 radical (unpaired) electrons. The third-order valence-corrected chi connectivity index (χ3v) is 4.95. The van der Waals surface area contributed by atoms with Crippen molar-refractivity contribution in [2.45, 2.75) is 13.5 Å². The molecule has 8 heteroatoms. The van der Waals surface area contributed by atoms with Crippen molar-refractivity contribution in [2.24, 2.45) is 0 Å². The minimum Gasteiger partial charge on any atom is -0.258 e. The molecule has 0 atom stereocenters. The quantitative estimate of drug-likeness (QED) is 0.313. The Labute approximate surface area is 171 Å². The van der Waals surface area contributed by atoms with Gasteiger partial charge >= 0.3 is 0 Å². The van der Waals surface area contributed by atoms with E-state index in [4.69, 9.17) is 23.2 Å². The molecule has 3 rings (SSSR count). The summed E-state index contributed by atoms with van der Waals surface area (Å²) in [7, 11) is 0. The molecule has 1 aromatic heterocycles. The Kier molecular flexibility index (Phi) is 5.78. The number of aryl methyl sites for hydroxylation is 1. The van der Waals surface area contributed by atoms with Crippen molar-refractivity contribution in [3.63, 3.8) is 0 Å². The molecule has 0 spiro atoms. The minimum atomic E-state index is -0.487. The van der Waals surface area contributed by atoms with E-state index in [0.717, 1.165) is 5.56 Å². The molecule has 0 N–H and O–H groups in total. The maximum absolute atomic E-state index is 10.8. The maximum Gasteiger partial charge on any atom is 0.269 e. The van der Waals surface area contributed by atoms with Crippen molar-refractivity contribution in [1.29, 1.82) is 5.26 Å². The molecule has 0 aliphatic heterocycles. The van der Waals surface area contributed by atoms with E-state index in [2.05, 4.69) is 11.2 Å². The zero-order valence-corrected chi connectivity index (χ0v) is 16.3. The summed E-state index contributed by atoms with van der Waals surface area (Å²) in [4.78, 5) is 10.3. The molecule has 6 nitrogen and oxygen atoms in total. The molecule has 3 aromatic rings. The normalized spacial score (nSPS) is 11.3. The standard InChI is InChI=1S/C20H14Cl2N4O2/c1-13-18(10-16(11-23)14-6-8-17(9-7-14)26(27)28)20(22)25(24-13)12-15-4-2-3-5-19(15)21/h2-10H,12H2,1H3/b16-10+. The summed E-state index contributed by atoms with van der Waals surface area (Å²) in [6.45, 7) is 2.19. The predicted octanol–water partition coefficient (Wildman–Crippen LogP) is 5.52. The van der Waals surface area contributed by atoms with Gasteiger partial charge in [0.15, 0.2) is 0 Å². The second-order valence-electron chi connectivity index (χ2n) is 6.01. The molecular formula is C20H14Cl2N4O2. The average Bonchev–Trinajstić information content (AvgIpc) is 2.95. The highest BCUT2D eigenvalue weighted by atomic mass is 35.5. The number of hydrogen-bond acceptors (Lipinski definition) is 4. The Morgan fingerprint density at radius 2 is 1.93 bits per heavy atom. The molecule has 0 bridgehead atoms. The lowest BCUT2D eigenvalue weighted by molar-refractivity contribution is -0.384. The molecule has 0 saturated carbocycles. The first-order valence-corrected chi connectivity index (χ1v) is 8.99. The van der Waals surface area contributed by atoms with Crippen LogP contribution < -0.4 is 0 Å². The highest BCUT2D eigenvalue weighted by Gasteiger charge is 2.15. The van der Waals surface area contributed by atoms with E-state index in [1.807, 2.05) is 18.2 Å². The van der Waals surface area contributed by atoms with Crippen molar-refractivity contribution >= 4 is 40.5 Å². The Morgan fingerprint density at radius 3 is 2.54 bits per heavy atom. The number of hydrogen-bond donors (Lipinski definition) is 0. The summed E-state index contributed by atoms with van der Waals surface area (Å²) in [5.74, 6) is 0. The second-order valence-corrected chi connectivity index (χ2v) is 6.78. The number of aromatic nitrogens is 2. The number of nitriles is 1. The van der Waals surface area contributed by atoms with Crippen LogP contribution >= 0.6 is 23.2 Å². The van der Waals surface area contributed by atoms with Crippen molar-refractivity contribution in [1.82, 2.24) is 9.78 Å². The third-order valence-electron chi connectivity index (χ3n) is 4.19. The number of benzene rings is 2.